The molecule has 1 aromatic heterocycles. The van der Waals surface area contributed by atoms with Crippen molar-refractivity contribution in [1.29, 1.82) is 0 Å². The van der Waals surface area contributed by atoms with Gasteiger partial charge in [-0.3, -0.25) is 9.59 Å². The summed E-state index contributed by atoms with van der Waals surface area (Å²) in [6.45, 7) is 4.96. The van der Waals surface area contributed by atoms with Gasteiger partial charge in [0.05, 0.1) is 31.0 Å². The lowest BCUT2D eigenvalue weighted by Gasteiger charge is -2.30. The van der Waals surface area contributed by atoms with E-state index in [1.54, 1.807) is 18.2 Å². The van der Waals surface area contributed by atoms with Gasteiger partial charge in [0.2, 0.25) is 0 Å². The van der Waals surface area contributed by atoms with Crippen LogP contribution in [0.25, 0.3) is 11.3 Å². The topological polar surface area (TPSA) is 119 Å². The number of hydrogen-bond donors (Lipinski definition) is 3. The van der Waals surface area contributed by atoms with E-state index in [4.69, 9.17) is 30.8 Å². The van der Waals surface area contributed by atoms with Crippen LogP contribution in [-0.4, -0.2) is 54.8 Å². The Bertz CT molecular complexity index is 1610. The number of carbonyl (C=O) groups is 2. The molecule has 1 aliphatic carbocycles. The largest absolute Gasteiger partial charge is 0.493 e. The predicted molar refractivity (Wildman–Crippen MR) is 157 cm³/mol. The van der Waals surface area contributed by atoms with Crippen LogP contribution in [0, 0.1) is 11.7 Å². The third-order valence-electron chi connectivity index (χ3n) is 8.38. The molecule has 0 spiro atoms. The smallest absolute Gasteiger partial charge is 0.261 e. The Labute approximate surface area is 253 Å². The van der Waals surface area contributed by atoms with Crippen LogP contribution in [-0.2, 0) is 15.8 Å². The van der Waals surface area contributed by atoms with E-state index in [1.165, 1.54) is 25.3 Å². The van der Waals surface area contributed by atoms with Crippen LogP contribution in [0.2, 0.25) is 5.02 Å². The molecular formula is C32H33ClFN3O6. The van der Waals surface area contributed by atoms with Crippen LogP contribution < -0.4 is 24.8 Å². The molecule has 6 rings (SSSR count). The summed E-state index contributed by atoms with van der Waals surface area (Å²) in [5.41, 5.74) is 0.768. The van der Waals surface area contributed by atoms with Crippen LogP contribution >= 0.6 is 11.6 Å². The normalized spacial score (nSPS) is 20.0. The highest BCUT2D eigenvalue weighted by Crippen LogP contribution is 2.50. The molecule has 11 heteroatoms. The highest BCUT2D eigenvalue weighted by molar-refractivity contribution is 6.31. The average Bonchev–Trinajstić information content (AvgIpc) is 3.72. The first-order valence-electron chi connectivity index (χ1n) is 14.3. The number of rotatable bonds is 9. The van der Waals surface area contributed by atoms with Crippen molar-refractivity contribution in [3.05, 3.63) is 70.1 Å². The molecule has 2 aliphatic heterocycles. The number of nitrogens with zero attached hydrogens (tertiary/aromatic N) is 1. The third-order valence-corrected chi connectivity index (χ3v) is 8.67. The number of nitrogens with one attached hydrogen (secondary N) is 2. The summed E-state index contributed by atoms with van der Waals surface area (Å²) in [5, 5.41) is 17.7. The Balaban J connectivity index is 1.29. The van der Waals surface area contributed by atoms with Crippen molar-refractivity contribution in [2.24, 2.45) is 5.92 Å². The van der Waals surface area contributed by atoms with Gasteiger partial charge in [0, 0.05) is 35.1 Å². The Morgan fingerprint density at radius 2 is 2.00 bits per heavy atom. The van der Waals surface area contributed by atoms with Crippen molar-refractivity contribution in [1.82, 2.24) is 15.6 Å². The van der Waals surface area contributed by atoms with Gasteiger partial charge in [-0.1, -0.05) is 25.4 Å². The van der Waals surface area contributed by atoms with E-state index in [2.05, 4.69) is 10.6 Å². The molecule has 2 fully saturated rings. The Hall–Kier alpha value is -3.89. The number of ether oxygens (including phenoxy) is 3. The summed E-state index contributed by atoms with van der Waals surface area (Å²) < 4.78 is 31.3. The lowest BCUT2D eigenvalue weighted by molar-refractivity contribution is -0.124. The lowest BCUT2D eigenvalue weighted by Crippen LogP contribution is -2.43. The van der Waals surface area contributed by atoms with Crippen molar-refractivity contribution >= 4 is 23.4 Å². The number of aromatic nitrogens is 1. The highest BCUT2D eigenvalue weighted by Gasteiger charge is 2.48. The van der Waals surface area contributed by atoms with Crippen molar-refractivity contribution in [3.63, 3.8) is 0 Å². The molecule has 43 heavy (non-hydrogen) atoms. The predicted octanol–water partition coefficient (Wildman–Crippen LogP) is 4.51. The third kappa shape index (κ3) is 5.49. The first kappa shape index (κ1) is 29.2. The average molecular weight is 610 g/mol. The van der Waals surface area contributed by atoms with E-state index in [9.17, 15) is 19.1 Å². The lowest BCUT2D eigenvalue weighted by atomic mass is 9.83. The number of hydrogen-bond acceptors (Lipinski definition) is 7. The molecule has 2 amide bonds. The van der Waals surface area contributed by atoms with E-state index >= 15 is 0 Å². The quantitative estimate of drug-likeness (QED) is 0.326. The maximum absolute atomic E-state index is 14.0. The van der Waals surface area contributed by atoms with Crippen molar-refractivity contribution in [3.8, 4) is 28.5 Å². The maximum Gasteiger partial charge on any atom is 0.261 e. The molecule has 3 aromatic rings. The second-order valence-corrected chi connectivity index (χ2v) is 12.4. The second kappa shape index (κ2) is 11.0. The zero-order valence-electron chi connectivity index (χ0n) is 24.1. The maximum atomic E-state index is 14.0. The fourth-order valence-electron chi connectivity index (χ4n) is 5.64. The minimum Gasteiger partial charge on any atom is -0.493 e. The van der Waals surface area contributed by atoms with E-state index in [0.29, 0.717) is 59.3 Å². The van der Waals surface area contributed by atoms with Crippen molar-refractivity contribution in [2.45, 2.75) is 50.2 Å². The van der Waals surface area contributed by atoms with Gasteiger partial charge >= 0.3 is 0 Å². The van der Waals surface area contributed by atoms with Crippen molar-refractivity contribution < 1.29 is 33.3 Å². The zero-order valence-corrected chi connectivity index (χ0v) is 24.9. The van der Waals surface area contributed by atoms with Gasteiger partial charge in [-0.05, 0) is 61.2 Å². The van der Waals surface area contributed by atoms with Crippen LogP contribution in [0.4, 0.5) is 4.39 Å². The fraction of sp³-hybridized carbons (Fsp3) is 0.406. The van der Waals surface area contributed by atoms with Crippen LogP contribution in [0.5, 0.6) is 17.2 Å². The molecule has 0 radical (unpaired) electrons. The van der Waals surface area contributed by atoms with Gasteiger partial charge in [-0.25, -0.2) is 9.37 Å². The molecule has 2 atom stereocenters. The van der Waals surface area contributed by atoms with Crippen LogP contribution in [0.3, 0.4) is 0 Å². The van der Waals surface area contributed by atoms with Crippen LogP contribution in [0.15, 0.2) is 42.5 Å². The molecule has 1 saturated heterocycles. The van der Waals surface area contributed by atoms with E-state index < -0.39 is 23.4 Å². The minimum atomic E-state index is -1.47. The van der Waals surface area contributed by atoms with Gasteiger partial charge in [-0.2, -0.15) is 0 Å². The van der Waals surface area contributed by atoms with Gasteiger partial charge in [0.25, 0.3) is 11.8 Å². The molecule has 3 aliphatic rings. The molecule has 2 aromatic carbocycles. The number of aliphatic hydroxyl groups is 1. The molecule has 9 nitrogen and oxygen atoms in total. The number of halogens is 2. The number of methoxy groups -OCH3 is 1. The van der Waals surface area contributed by atoms with Gasteiger partial charge < -0.3 is 30.0 Å². The Morgan fingerprint density at radius 1 is 1.21 bits per heavy atom. The van der Waals surface area contributed by atoms with Gasteiger partial charge in [-0.15, -0.1) is 0 Å². The number of amides is 2. The summed E-state index contributed by atoms with van der Waals surface area (Å²) in [5.74, 6) is -0.0237. The van der Waals surface area contributed by atoms with Crippen LogP contribution in [0.1, 0.15) is 54.7 Å². The molecule has 226 valence electrons. The number of carbonyl (C=O) groups excluding carboxylic acids is 2. The van der Waals surface area contributed by atoms with Gasteiger partial charge in [0.15, 0.2) is 17.6 Å². The Kier molecular flexibility index (Phi) is 7.46. The number of pyridine rings is 1. The number of fused-ring (bicyclic) bond motifs is 1. The highest BCUT2D eigenvalue weighted by atomic mass is 35.5. The molecular weight excluding hydrogens is 577 g/mol. The van der Waals surface area contributed by atoms with E-state index in [1.807, 2.05) is 19.9 Å². The number of benzene rings is 2. The summed E-state index contributed by atoms with van der Waals surface area (Å²) in [6.07, 6.45) is 1.47. The molecule has 1 saturated carbocycles. The standard InChI is InChI=1S/C32H33ClFN3O6/c1-31(2)16-42-28-20(31)14-26(37-27(28)17-4-8-22(34)21(33)12-17)32(40,19-6-7-19)15-36-29(38)18-5-9-23(25(13-18)41-3)43-24-10-11-35-30(24)39/h4-5,8-9,12-14,19,24,40H,6-7,10-11,15-16H2,1-3H3,(H,35,39)(H,36,38). The SMILES string of the molecule is COc1cc(C(=O)NCC(O)(c2cc3c(c(-c4ccc(F)c(Cl)c4)n2)OCC3(C)C)C2CC2)ccc1OC1CCNC1=O. The summed E-state index contributed by atoms with van der Waals surface area (Å²) >= 11 is 6.11. The molecule has 2 unspecified atom stereocenters. The summed E-state index contributed by atoms with van der Waals surface area (Å²) in [7, 11) is 1.46. The molecule has 0 bridgehead atoms. The summed E-state index contributed by atoms with van der Waals surface area (Å²) in [4.78, 5) is 30.1. The second-order valence-electron chi connectivity index (χ2n) is 12.0. The Morgan fingerprint density at radius 3 is 2.67 bits per heavy atom. The van der Waals surface area contributed by atoms with E-state index in [-0.39, 0.29) is 28.8 Å². The fourth-order valence-corrected chi connectivity index (χ4v) is 5.82. The first-order valence-corrected chi connectivity index (χ1v) is 14.6. The zero-order chi connectivity index (χ0) is 30.5. The molecule has 3 N–H and O–H groups in total. The van der Waals surface area contributed by atoms with Crippen molar-refractivity contribution in [2.75, 3.05) is 26.8 Å². The van der Waals surface area contributed by atoms with Gasteiger partial charge in [0.1, 0.15) is 22.9 Å². The van der Waals surface area contributed by atoms with E-state index in [0.717, 1.165) is 18.4 Å². The monoisotopic (exact) mass is 609 g/mol. The molecule has 3 heterocycles. The summed E-state index contributed by atoms with van der Waals surface area (Å²) in [6, 6.07) is 10.9. The minimum absolute atomic E-state index is 0.0428. The first-order chi connectivity index (χ1) is 20.5.